The zero-order valence-electron chi connectivity index (χ0n) is 16.1. The van der Waals surface area contributed by atoms with Gasteiger partial charge in [-0.15, -0.1) is 0 Å². The van der Waals surface area contributed by atoms with E-state index in [4.69, 9.17) is 4.74 Å². The maximum absolute atomic E-state index is 12.8. The molecule has 0 spiro atoms. The van der Waals surface area contributed by atoms with E-state index in [9.17, 15) is 4.79 Å². The Kier molecular flexibility index (Phi) is 5.42. The maximum atomic E-state index is 12.8. The van der Waals surface area contributed by atoms with Crippen LogP contribution < -0.4 is 4.74 Å². The summed E-state index contributed by atoms with van der Waals surface area (Å²) in [7, 11) is 1.62. The van der Waals surface area contributed by atoms with Crippen LogP contribution in [0.25, 0.3) is 11.4 Å². The summed E-state index contributed by atoms with van der Waals surface area (Å²) in [4.78, 5) is 19.3. The Morgan fingerprint density at radius 2 is 1.89 bits per heavy atom. The molecule has 2 aromatic carbocycles. The van der Waals surface area contributed by atoms with Crippen molar-refractivity contribution < 1.29 is 9.53 Å². The molecular formula is C23H25N3O2. The second-order valence-electron chi connectivity index (χ2n) is 7.24. The van der Waals surface area contributed by atoms with E-state index in [0.717, 1.165) is 43.9 Å². The van der Waals surface area contributed by atoms with Crippen molar-refractivity contribution in [2.45, 2.75) is 19.4 Å². The first-order chi connectivity index (χ1) is 13.7. The van der Waals surface area contributed by atoms with Crippen LogP contribution in [0.5, 0.6) is 5.75 Å². The third-order valence-corrected chi connectivity index (χ3v) is 5.42. The van der Waals surface area contributed by atoms with Crippen LogP contribution in [0.2, 0.25) is 0 Å². The van der Waals surface area contributed by atoms with Crippen molar-refractivity contribution in [1.82, 2.24) is 14.5 Å². The van der Waals surface area contributed by atoms with E-state index in [2.05, 4.69) is 27.9 Å². The highest BCUT2D eigenvalue weighted by atomic mass is 16.5. The van der Waals surface area contributed by atoms with Gasteiger partial charge in [-0.2, -0.15) is 0 Å². The first kappa shape index (κ1) is 18.3. The molecule has 1 fully saturated rings. The minimum absolute atomic E-state index is 0.0879. The van der Waals surface area contributed by atoms with Gasteiger partial charge in [0.2, 0.25) is 0 Å². The number of imidazole rings is 1. The Hall–Kier alpha value is -3.08. The highest BCUT2D eigenvalue weighted by Gasteiger charge is 2.24. The molecule has 2 heterocycles. The second-order valence-corrected chi connectivity index (χ2v) is 7.24. The molecule has 1 aromatic heterocycles. The quantitative estimate of drug-likeness (QED) is 0.674. The number of hydrogen-bond donors (Lipinski definition) is 0. The van der Waals surface area contributed by atoms with Gasteiger partial charge in [-0.25, -0.2) is 4.98 Å². The molecular weight excluding hydrogens is 350 g/mol. The molecule has 0 bridgehead atoms. The summed E-state index contributed by atoms with van der Waals surface area (Å²) in [6.45, 7) is 2.51. The van der Waals surface area contributed by atoms with Crippen molar-refractivity contribution in [2.24, 2.45) is 5.92 Å². The topological polar surface area (TPSA) is 47.4 Å². The normalized spacial score (nSPS) is 14.8. The standard InChI is InChI=1S/C23H25N3O2/c1-28-21-9-5-8-20(16-21)23(27)25-13-10-18(11-14-25)17-26-15-12-24-22(26)19-6-3-2-4-7-19/h2-9,12,15-16,18H,10-11,13-14,17H2,1H3. The van der Waals surface area contributed by atoms with E-state index < -0.39 is 0 Å². The summed E-state index contributed by atoms with van der Waals surface area (Å²) < 4.78 is 7.47. The number of nitrogens with zero attached hydrogens (tertiary/aromatic N) is 3. The molecule has 0 unspecified atom stereocenters. The van der Waals surface area contributed by atoms with E-state index in [1.54, 1.807) is 7.11 Å². The van der Waals surface area contributed by atoms with Gasteiger partial charge in [-0.1, -0.05) is 36.4 Å². The minimum Gasteiger partial charge on any atom is -0.497 e. The molecule has 0 N–H and O–H groups in total. The average Bonchev–Trinajstić information content (AvgIpc) is 3.22. The summed E-state index contributed by atoms with van der Waals surface area (Å²) >= 11 is 0. The van der Waals surface area contributed by atoms with Crippen molar-refractivity contribution in [2.75, 3.05) is 20.2 Å². The highest BCUT2D eigenvalue weighted by molar-refractivity contribution is 5.94. The predicted octanol–water partition coefficient (Wildman–Crippen LogP) is 4.11. The van der Waals surface area contributed by atoms with E-state index in [1.807, 2.05) is 53.6 Å². The van der Waals surface area contributed by atoms with E-state index in [0.29, 0.717) is 17.2 Å². The van der Waals surface area contributed by atoms with Gasteiger partial charge in [-0.3, -0.25) is 4.79 Å². The Morgan fingerprint density at radius 3 is 2.64 bits per heavy atom. The third kappa shape index (κ3) is 3.93. The average molecular weight is 375 g/mol. The first-order valence-electron chi connectivity index (χ1n) is 9.74. The monoisotopic (exact) mass is 375 g/mol. The molecule has 0 saturated carbocycles. The zero-order chi connectivity index (χ0) is 19.3. The summed E-state index contributed by atoms with van der Waals surface area (Å²) in [6.07, 6.45) is 5.92. The number of likely N-dealkylation sites (tertiary alicyclic amines) is 1. The van der Waals surface area contributed by atoms with Crippen LogP contribution in [0.1, 0.15) is 23.2 Å². The van der Waals surface area contributed by atoms with Gasteiger partial charge in [0.25, 0.3) is 5.91 Å². The molecule has 5 heteroatoms. The zero-order valence-corrected chi connectivity index (χ0v) is 16.1. The second kappa shape index (κ2) is 8.30. The van der Waals surface area contributed by atoms with E-state index in [-0.39, 0.29) is 5.91 Å². The fourth-order valence-corrected chi connectivity index (χ4v) is 3.84. The molecule has 28 heavy (non-hydrogen) atoms. The number of benzene rings is 2. The number of piperidine rings is 1. The summed E-state index contributed by atoms with van der Waals surface area (Å²) in [5, 5.41) is 0. The number of carbonyl (C=O) groups excluding carboxylic acids is 1. The molecule has 0 atom stereocenters. The molecule has 1 aliphatic rings. The van der Waals surface area contributed by atoms with Crippen LogP contribution >= 0.6 is 0 Å². The Morgan fingerprint density at radius 1 is 1.11 bits per heavy atom. The lowest BCUT2D eigenvalue weighted by Gasteiger charge is -2.32. The number of hydrogen-bond acceptors (Lipinski definition) is 3. The fourth-order valence-electron chi connectivity index (χ4n) is 3.84. The Bertz CT molecular complexity index is 928. The van der Waals surface area contributed by atoms with Gasteiger partial charge in [0.1, 0.15) is 11.6 Å². The van der Waals surface area contributed by atoms with Crippen LogP contribution in [0, 0.1) is 5.92 Å². The molecule has 1 saturated heterocycles. The Balaban J connectivity index is 1.37. The van der Waals surface area contributed by atoms with Crippen molar-refractivity contribution in [3.8, 4) is 17.1 Å². The van der Waals surface area contributed by atoms with Crippen LogP contribution in [-0.4, -0.2) is 40.6 Å². The number of carbonyl (C=O) groups is 1. The van der Waals surface area contributed by atoms with Gasteiger partial charge >= 0.3 is 0 Å². The SMILES string of the molecule is COc1cccc(C(=O)N2CCC(Cn3ccnc3-c3ccccc3)CC2)c1. The number of amides is 1. The first-order valence-corrected chi connectivity index (χ1v) is 9.74. The summed E-state index contributed by atoms with van der Waals surface area (Å²) in [5.74, 6) is 2.36. The van der Waals surface area contributed by atoms with Crippen molar-refractivity contribution in [1.29, 1.82) is 0 Å². The van der Waals surface area contributed by atoms with E-state index >= 15 is 0 Å². The summed E-state index contributed by atoms with van der Waals surface area (Å²) in [5.41, 5.74) is 1.83. The molecule has 1 amide bonds. The molecule has 3 aromatic rings. The van der Waals surface area contributed by atoms with E-state index in [1.165, 1.54) is 0 Å². The molecule has 0 radical (unpaired) electrons. The largest absolute Gasteiger partial charge is 0.497 e. The Labute approximate surface area is 165 Å². The minimum atomic E-state index is 0.0879. The van der Waals surface area contributed by atoms with Crippen LogP contribution in [0.4, 0.5) is 0 Å². The van der Waals surface area contributed by atoms with Crippen LogP contribution in [0.15, 0.2) is 67.0 Å². The summed E-state index contributed by atoms with van der Waals surface area (Å²) in [6, 6.07) is 17.7. The van der Waals surface area contributed by atoms with Gasteiger partial charge in [-0.05, 0) is 37.0 Å². The number of methoxy groups -OCH3 is 1. The predicted molar refractivity (Wildman–Crippen MR) is 109 cm³/mol. The van der Waals surface area contributed by atoms with Gasteiger partial charge in [0.15, 0.2) is 0 Å². The van der Waals surface area contributed by atoms with Crippen molar-refractivity contribution >= 4 is 5.91 Å². The highest BCUT2D eigenvalue weighted by Crippen LogP contribution is 2.24. The lowest BCUT2D eigenvalue weighted by atomic mass is 9.96. The maximum Gasteiger partial charge on any atom is 0.253 e. The van der Waals surface area contributed by atoms with Gasteiger partial charge < -0.3 is 14.2 Å². The van der Waals surface area contributed by atoms with Crippen molar-refractivity contribution in [3.63, 3.8) is 0 Å². The lowest BCUT2D eigenvalue weighted by Crippen LogP contribution is -2.39. The molecule has 144 valence electrons. The smallest absolute Gasteiger partial charge is 0.253 e. The molecule has 0 aliphatic carbocycles. The van der Waals surface area contributed by atoms with Crippen LogP contribution in [0.3, 0.4) is 0 Å². The number of rotatable bonds is 5. The fraction of sp³-hybridized carbons (Fsp3) is 0.304. The van der Waals surface area contributed by atoms with Gasteiger partial charge in [0, 0.05) is 43.2 Å². The lowest BCUT2D eigenvalue weighted by molar-refractivity contribution is 0.0682. The third-order valence-electron chi connectivity index (χ3n) is 5.42. The molecule has 4 rings (SSSR count). The van der Waals surface area contributed by atoms with Crippen molar-refractivity contribution in [3.05, 3.63) is 72.6 Å². The van der Waals surface area contributed by atoms with Crippen LogP contribution in [-0.2, 0) is 6.54 Å². The number of aromatic nitrogens is 2. The van der Waals surface area contributed by atoms with Gasteiger partial charge in [0.05, 0.1) is 7.11 Å². The number of ether oxygens (including phenoxy) is 1. The molecule has 1 aliphatic heterocycles. The molecule has 5 nitrogen and oxygen atoms in total.